The third kappa shape index (κ3) is 2.73. The second kappa shape index (κ2) is 6.83. The lowest BCUT2D eigenvalue weighted by Crippen LogP contribution is -2.62. The molecule has 4 atom stereocenters. The van der Waals surface area contributed by atoms with Gasteiger partial charge < -0.3 is 15.3 Å². The molecule has 0 spiro atoms. The Morgan fingerprint density at radius 3 is 2.46 bits per heavy atom. The van der Waals surface area contributed by atoms with Gasteiger partial charge in [-0.2, -0.15) is 0 Å². The number of hydrogen-bond donors (Lipinski definition) is 3. The van der Waals surface area contributed by atoms with Crippen LogP contribution in [0.15, 0.2) is 45.3 Å². The maximum Gasteiger partial charge on any atom is 0.144 e. The van der Waals surface area contributed by atoms with E-state index in [1.807, 2.05) is 36.4 Å². The van der Waals surface area contributed by atoms with Crippen LogP contribution in [-0.2, 0) is 17.4 Å². The number of hydrogen-bond acceptors (Lipinski definition) is 3. The topological polar surface area (TPSA) is 60.7 Å². The largest absolute Gasteiger partial charge is 0.506 e. The van der Waals surface area contributed by atoms with Gasteiger partial charge in [0.1, 0.15) is 11.4 Å². The molecule has 2 aromatic rings. The molecule has 5 heteroatoms. The highest BCUT2D eigenvalue weighted by Crippen LogP contribution is 2.61. The fourth-order valence-corrected chi connectivity index (χ4v) is 7.09. The van der Waals surface area contributed by atoms with Crippen LogP contribution < -0.4 is 0 Å². The molecule has 3 N–H and O–H groups in total. The Labute approximate surface area is 183 Å². The van der Waals surface area contributed by atoms with Crippen molar-refractivity contribution in [1.82, 2.24) is 0 Å². The molecule has 2 aliphatic carbocycles. The number of halogens is 2. The molecule has 0 heterocycles. The smallest absolute Gasteiger partial charge is 0.144 e. The fraction of sp³-hybridized carbons (Fsp3) is 0.478. The Morgan fingerprint density at radius 2 is 1.82 bits per heavy atom. The number of benzene rings is 2. The van der Waals surface area contributed by atoms with Crippen LogP contribution >= 0.6 is 31.9 Å². The zero-order valence-electron chi connectivity index (χ0n) is 16.2. The molecule has 0 aromatic heterocycles. The van der Waals surface area contributed by atoms with Gasteiger partial charge in [0, 0.05) is 5.41 Å². The van der Waals surface area contributed by atoms with Gasteiger partial charge in [-0.1, -0.05) is 37.3 Å². The molecule has 0 bridgehead atoms. The van der Waals surface area contributed by atoms with Crippen LogP contribution in [0.5, 0.6) is 5.75 Å². The van der Waals surface area contributed by atoms with Gasteiger partial charge in [-0.3, -0.25) is 0 Å². The Morgan fingerprint density at radius 1 is 1.14 bits per heavy atom. The minimum Gasteiger partial charge on any atom is -0.506 e. The first-order valence-corrected chi connectivity index (χ1v) is 11.5. The van der Waals surface area contributed by atoms with E-state index in [0.717, 1.165) is 34.9 Å². The van der Waals surface area contributed by atoms with Crippen molar-refractivity contribution in [3.63, 3.8) is 0 Å². The summed E-state index contributed by atoms with van der Waals surface area (Å²) < 4.78 is 1.40. The Kier molecular flexibility index (Phi) is 4.98. The quantitative estimate of drug-likeness (QED) is 0.496. The zero-order valence-corrected chi connectivity index (χ0v) is 19.3. The van der Waals surface area contributed by atoms with Gasteiger partial charge in [0.05, 0.1) is 14.5 Å². The lowest BCUT2D eigenvalue weighted by molar-refractivity contribution is -0.205. The first-order chi connectivity index (χ1) is 13.2. The molecule has 1 fully saturated rings. The monoisotopic (exact) mass is 508 g/mol. The molecule has 0 amide bonds. The molecule has 28 heavy (non-hydrogen) atoms. The average molecular weight is 510 g/mol. The van der Waals surface area contributed by atoms with E-state index < -0.39 is 11.2 Å². The van der Waals surface area contributed by atoms with Crippen molar-refractivity contribution in [2.45, 2.75) is 62.6 Å². The highest BCUT2D eigenvalue weighted by molar-refractivity contribution is 9.11. The minimum atomic E-state index is -1.28. The average Bonchev–Trinajstić information content (AvgIpc) is 2.68. The summed E-state index contributed by atoms with van der Waals surface area (Å²) in [5.74, 6) is 0.477. The molecular formula is C23H26Br2O3. The number of aliphatic hydroxyl groups is 2. The standard InChI is InChI=1S/C23H26Br2O3/c1-3-22-13-21(2,27)23(28,14-7-5-4-6-8-14)12-15(22)9-10-16-17(22)11-18(24)20(26)19(16)25/h4-8,11,15,26-28H,3,9-10,12-13H2,1-2H3. The summed E-state index contributed by atoms with van der Waals surface area (Å²) >= 11 is 7.07. The van der Waals surface area contributed by atoms with Crippen molar-refractivity contribution in [1.29, 1.82) is 0 Å². The second-order valence-electron chi connectivity index (χ2n) is 8.67. The summed E-state index contributed by atoms with van der Waals surface area (Å²) in [7, 11) is 0. The SMILES string of the molecule is CCC12CC(C)(O)C(O)(c3ccccc3)CC1CCc1c2cc(Br)c(O)c1Br. The molecule has 4 unspecified atom stereocenters. The summed E-state index contributed by atoms with van der Waals surface area (Å²) in [5, 5.41) is 33.7. The molecule has 2 aromatic carbocycles. The third-order valence-corrected chi connectivity index (χ3v) is 8.79. The van der Waals surface area contributed by atoms with E-state index in [1.54, 1.807) is 6.92 Å². The Hall–Kier alpha value is -0.880. The number of phenols is 1. The van der Waals surface area contributed by atoms with E-state index >= 15 is 0 Å². The first-order valence-electron chi connectivity index (χ1n) is 9.87. The van der Waals surface area contributed by atoms with Gasteiger partial charge >= 0.3 is 0 Å². The lowest BCUT2D eigenvalue weighted by atomic mass is 9.49. The van der Waals surface area contributed by atoms with Crippen molar-refractivity contribution < 1.29 is 15.3 Å². The molecular weight excluding hydrogens is 484 g/mol. The summed E-state index contributed by atoms with van der Waals surface area (Å²) in [5.41, 5.74) is 0.297. The normalized spacial score (nSPS) is 34.6. The number of aromatic hydroxyl groups is 1. The van der Waals surface area contributed by atoms with Crippen LogP contribution in [0.1, 0.15) is 56.2 Å². The van der Waals surface area contributed by atoms with Crippen molar-refractivity contribution >= 4 is 31.9 Å². The van der Waals surface area contributed by atoms with E-state index in [2.05, 4.69) is 38.8 Å². The van der Waals surface area contributed by atoms with Gasteiger partial charge in [-0.15, -0.1) is 0 Å². The van der Waals surface area contributed by atoms with E-state index in [0.29, 0.717) is 17.3 Å². The number of fused-ring (bicyclic) bond motifs is 3. The van der Waals surface area contributed by atoms with Gasteiger partial charge in [0.25, 0.3) is 0 Å². The molecule has 2 aliphatic rings. The van der Waals surface area contributed by atoms with Gasteiger partial charge in [-0.05, 0) is 99.6 Å². The summed E-state index contributed by atoms with van der Waals surface area (Å²) in [6.07, 6.45) is 3.63. The van der Waals surface area contributed by atoms with E-state index in [1.165, 1.54) is 5.56 Å². The van der Waals surface area contributed by atoms with Crippen molar-refractivity contribution in [3.8, 4) is 5.75 Å². The molecule has 0 radical (unpaired) electrons. The summed E-state index contributed by atoms with van der Waals surface area (Å²) in [4.78, 5) is 0. The van der Waals surface area contributed by atoms with Crippen molar-refractivity contribution in [2.24, 2.45) is 5.92 Å². The molecule has 150 valence electrons. The highest BCUT2D eigenvalue weighted by atomic mass is 79.9. The Bertz CT molecular complexity index is 912. The van der Waals surface area contributed by atoms with Crippen LogP contribution in [0.2, 0.25) is 0 Å². The molecule has 0 aliphatic heterocycles. The van der Waals surface area contributed by atoms with E-state index in [4.69, 9.17) is 0 Å². The van der Waals surface area contributed by atoms with E-state index in [9.17, 15) is 15.3 Å². The number of phenolic OH excluding ortho intramolecular Hbond substituents is 1. The maximum absolute atomic E-state index is 11.7. The van der Waals surface area contributed by atoms with Crippen LogP contribution in [0, 0.1) is 5.92 Å². The molecule has 4 rings (SSSR count). The summed E-state index contributed by atoms with van der Waals surface area (Å²) in [6, 6.07) is 11.6. The predicted octanol–water partition coefficient (Wildman–Crippen LogP) is 5.56. The number of rotatable bonds is 2. The molecule has 1 saturated carbocycles. The van der Waals surface area contributed by atoms with Gasteiger partial charge in [0.15, 0.2) is 0 Å². The van der Waals surface area contributed by atoms with Gasteiger partial charge in [-0.25, -0.2) is 0 Å². The van der Waals surface area contributed by atoms with Crippen molar-refractivity contribution in [2.75, 3.05) is 0 Å². The lowest BCUT2D eigenvalue weighted by Gasteiger charge is -2.59. The fourth-order valence-electron chi connectivity index (χ4n) is 5.77. The summed E-state index contributed by atoms with van der Waals surface area (Å²) in [6.45, 7) is 3.94. The highest BCUT2D eigenvalue weighted by Gasteiger charge is 2.61. The minimum absolute atomic E-state index is 0.229. The molecule has 3 nitrogen and oxygen atoms in total. The van der Waals surface area contributed by atoms with Crippen molar-refractivity contribution in [3.05, 3.63) is 62.0 Å². The van der Waals surface area contributed by atoms with E-state index in [-0.39, 0.29) is 17.1 Å². The maximum atomic E-state index is 11.7. The van der Waals surface area contributed by atoms with Crippen LogP contribution in [0.3, 0.4) is 0 Å². The first kappa shape index (κ1) is 20.4. The van der Waals surface area contributed by atoms with Crippen LogP contribution in [0.4, 0.5) is 0 Å². The Balaban J connectivity index is 1.88. The van der Waals surface area contributed by atoms with Crippen LogP contribution in [0.25, 0.3) is 0 Å². The predicted molar refractivity (Wildman–Crippen MR) is 117 cm³/mol. The second-order valence-corrected chi connectivity index (χ2v) is 10.3. The molecule has 0 saturated heterocycles. The van der Waals surface area contributed by atoms with Gasteiger partial charge in [0.2, 0.25) is 0 Å². The van der Waals surface area contributed by atoms with Crippen LogP contribution in [-0.4, -0.2) is 20.9 Å². The third-order valence-electron chi connectivity index (χ3n) is 7.33. The zero-order chi connectivity index (χ0) is 20.3.